The first-order valence-electron chi connectivity index (χ1n) is 6.82. The maximum Gasteiger partial charge on any atom is 0.309 e. The third-order valence-electron chi connectivity index (χ3n) is 4.21. The van der Waals surface area contributed by atoms with Crippen LogP contribution in [0.3, 0.4) is 0 Å². The molecule has 5 nitrogen and oxygen atoms in total. The minimum atomic E-state index is -0.738. The van der Waals surface area contributed by atoms with Gasteiger partial charge in [0.2, 0.25) is 5.91 Å². The number of rotatable bonds is 3. The van der Waals surface area contributed by atoms with Crippen LogP contribution in [0.5, 0.6) is 0 Å². The van der Waals surface area contributed by atoms with E-state index in [1.807, 2.05) is 0 Å². The van der Waals surface area contributed by atoms with Crippen LogP contribution in [0.2, 0.25) is 0 Å². The molecule has 0 bridgehead atoms. The molecular weight excluding hydrogens is 244 g/mol. The van der Waals surface area contributed by atoms with Crippen molar-refractivity contribution in [3.8, 4) is 6.07 Å². The molecule has 0 spiro atoms. The van der Waals surface area contributed by atoms with Crippen LogP contribution in [0, 0.1) is 29.1 Å². The van der Waals surface area contributed by atoms with Crippen LogP contribution in [0.25, 0.3) is 0 Å². The number of carbonyl (C=O) groups excluding carboxylic acids is 2. The Balaban J connectivity index is 1.95. The molecule has 2 rings (SSSR count). The number of methoxy groups -OCH3 is 1. The Kier molecular flexibility index (Phi) is 3.79. The molecule has 2 aliphatic carbocycles. The first kappa shape index (κ1) is 13.9. The summed E-state index contributed by atoms with van der Waals surface area (Å²) in [4.78, 5) is 23.4. The Morgan fingerprint density at radius 1 is 1.42 bits per heavy atom. The number of nitrogens with one attached hydrogen (secondary N) is 1. The molecule has 2 aliphatic rings. The second-order valence-corrected chi connectivity index (χ2v) is 5.86. The van der Waals surface area contributed by atoms with Crippen LogP contribution in [0.4, 0.5) is 0 Å². The number of hydrogen-bond donors (Lipinski definition) is 1. The van der Waals surface area contributed by atoms with Crippen LogP contribution in [0.15, 0.2) is 0 Å². The zero-order valence-corrected chi connectivity index (χ0v) is 11.4. The number of ether oxygens (including phenoxy) is 1. The molecule has 0 saturated heterocycles. The van der Waals surface area contributed by atoms with Crippen LogP contribution >= 0.6 is 0 Å². The molecule has 104 valence electrons. The molecule has 0 radical (unpaired) electrons. The molecule has 0 unspecified atom stereocenters. The van der Waals surface area contributed by atoms with E-state index in [2.05, 4.69) is 23.0 Å². The van der Waals surface area contributed by atoms with E-state index in [1.165, 1.54) is 7.11 Å². The summed E-state index contributed by atoms with van der Waals surface area (Å²) in [6.07, 6.45) is 4.00. The predicted octanol–water partition coefficient (Wildman–Crippen LogP) is 1.38. The highest BCUT2D eigenvalue weighted by molar-refractivity contribution is 5.90. The third-order valence-corrected chi connectivity index (χ3v) is 4.21. The summed E-state index contributed by atoms with van der Waals surface area (Å²) in [7, 11) is 1.33. The van der Waals surface area contributed by atoms with Gasteiger partial charge < -0.3 is 10.1 Å². The maximum atomic E-state index is 12.1. The number of amides is 1. The van der Waals surface area contributed by atoms with Crippen molar-refractivity contribution in [2.24, 2.45) is 17.8 Å². The summed E-state index contributed by atoms with van der Waals surface area (Å²) in [5.74, 6) is -0.685. The van der Waals surface area contributed by atoms with E-state index < -0.39 is 5.54 Å². The average Bonchev–Trinajstić information content (AvgIpc) is 3.18. The lowest BCUT2D eigenvalue weighted by atomic mass is 9.77. The maximum absolute atomic E-state index is 12.1. The number of esters is 1. The summed E-state index contributed by atoms with van der Waals surface area (Å²) in [6.45, 7) is 2.10. The molecule has 2 fully saturated rings. The van der Waals surface area contributed by atoms with E-state index in [4.69, 9.17) is 0 Å². The van der Waals surface area contributed by atoms with Crippen molar-refractivity contribution in [3.05, 3.63) is 0 Å². The van der Waals surface area contributed by atoms with E-state index in [0.29, 0.717) is 25.2 Å². The van der Waals surface area contributed by atoms with Crippen LogP contribution < -0.4 is 5.32 Å². The summed E-state index contributed by atoms with van der Waals surface area (Å²) in [5, 5.41) is 12.3. The fourth-order valence-electron chi connectivity index (χ4n) is 3.02. The average molecular weight is 264 g/mol. The quantitative estimate of drug-likeness (QED) is 0.781. The second-order valence-electron chi connectivity index (χ2n) is 5.86. The largest absolute Gasteiger partial charge is 0.469 e. The normalized spacial score (nSPS) is 37.0. The molecule has 4 atom stereocenters. The van der Waals surface area contributed by atoms with E-state index in [0.717, 1.165) is 12.8 Å². The van der Waals surface area contributed by atoms with Gasteiger partial charge in [0, 0.05) is 0 Å². The molecule has 5 heteroatoms. The number of carbonyl (C=O) groups is 2. The van der Waals surface area contributed by atoms with E-state index in [1.54, 1.807) is 0 Å². The van der Waals surface area contributed by atoms with Gasteiger partial charge in [-0.05, 0) is 31.6 Å². The van der Waals surface area contributed by atoms with Gasteiger partial charge in [-0.2, -0.15) is 5.26 Å². The van der Waals surface area contributed by atoms with Crippen molar-refractivity contribution >= 4 is 11.9 Å². The van der Waals surface area contributed by atoms with E-state index in [9.17, 15) is 14.9 Å². The third kappa shape index (κ3) is 2.89. The smallest absolute Gasteiger partial charge is 0.309 e. The molecule has 0 aromatic carbocycles. The second kappa shape index (κ2) is 5.20. The van der Waals surface area contributed by atoms with Gasteiger partial charge in [-0.15, -0.1) is 0 Å². The molecule has 0 aliphatic heterocycles. The number of nitrogens with zero attached hydrogens (tertiary/aromatic N) is 1. The van der Waals surface area contributed by atoms with E-state index in [-0.39, 0.29) is 23.7 Å². The van der Waals surface area contributed by atoms with Gasteiger partial charge in [-0.3, -0.25) is 9.59 Å². The van der Waals surface area contributed by atoms with Crippen LogP contribution in [-0.2, 0) is 14.3 Å². The highest BCUT2D eigenvalue weighted by Gasteiger charge is 2.51. The Morgan fingerprint density at radius 2 is 2.16 bits per heavy atom. The Morgan fingerprint density at radius 3 is 2.74 bits per heavy atom. The lowest BCUT2D eigenvalue weighted by molar-refractivity contribution is -0.143. The Labute approximate surface area is 113 Å². The Bertz CT molecular complexity index is 429. The fourth-order valence-corrected chi connectivity index (χ4v) is 3.02. The molecule has 19 heavy (non-hydrogen) atoms. The van der Waals surface area contributed by atoms with Gasteiger partial charge in [-0.1, -0.05) is 13.3 Å². The zero-order chi connectivity index (χ0) is 14.0. The fraction of sp³-hybridized carbons (Fsp3) is 0.786. The molecule has 0 aromatic heterocycles. The summed E-state index contributed by atoms with van der Waals surface area (Å²) < 4.78 is 4.63. The van der Waals surface area contributed by atoms with Crippen molar-refractivity contribution < 1.29 is 14.3 Å². The van der Waals surface area contributed by atoms with Gasteiger partial charge in [0.1, 0.15) is 5.54 Å². The molecule has 2 saturated carbocycles. The Hall–Kier alpha value is -1.57. The first-order valence-corrected chi connectivity index (χ1v) is 6.82. The summed E-state index contributed by atoms with van der Waals surface area (Å²) in [5.41, 5.74) is -0.738. The lowest BCUT2D eigenvalue weighted by Gasteiger charge is -2.35. The van der Waals surface area contributed by atoms with Crippen molar-refractivity contribution in [2.45, 2.75) is 44.6 Å². The topological polar surface area (TPSA) is 79.2 Å². The minimum absolute atomic E-state index is 0.175. The number of nitriles is 1. The standard InChI is InChI=1S/C14H20N2O3/c1-9-4-3-5-14(7-9,8-15)16-12(17)10-6-11(10)13(18)19-2/h9-11H,3-7H2,1-2H3,(H,16,17)/t9-,10-,11+,14+/m0/s1. The molecular formula is C14H20N2O3. The molecule has 1 N–H and O–H groups in total. The number of hydrogen-bond acceptors (Lipinski definition) is 4. The molecule has 0 aromatic rings. The highest BCUT2D eigenvalue weighted by Crippen LogP contribution is 2.41. The molecule has 0 heterocycles. The van der Waals surface area contributed by atoms with Gasteiger partial charge in [0.15, 0.2) is 0 Å². The van der Waals surface area contributed by atoms with Crippen molar-refractivity contribution in [3.63, 3.8) is 0 Å². The van der Waals surface area contributed by atoms with Crippen molar-refractivity contribution in [2.75, 3.05) is 7.11 Å². The van der Waals surface area contributed by atoms with Gasteiger partial charge >= 0.3 is 5.97 Å². The summed E-state index contributed by atoms with van der Waals surface area (Å²) in [6, 6.07) is 2.27. The zero-order valence-electron chi connectivity index (χ0n) is 11.4. The molecule has 1 amide bonds. The van der Waals surface area contributed by atoms with Gasteiger partial charge in [-0.25, -0.2) is 0 Å². The van der Waals surface area contributed by atoms with Gasteiger partial charge in [0.05, 0.1) is 25.0 Å². The van der Waals surface area contributed by atoms with Crippen LogP contribution in [0.1, 0.15) is 39.0 Å². The highest BCUT2D eigenvalue weighted by atomic mass is 16.5. The van der Waals surface area contributed by atoms with Gasteiger partial charge in [0.25, 0.3) is 0 Å². The monoisotopic (exact) mass is 264 g/mol. The minimum Gasteiger partial charge on any atom is -0.469 e. The van der Waals surface area contributed by atoms with Crippen molar-refractivity contribution in [1.82, 2.24) is 5.32 Å². The van der Waals surface area contributed by atoms with Crippen molar-refractivity contribution in [1.29, 1.82) is 5.26 Å². The SMILES string of the molecule is COC(=O)[C@@H]1C[C@@H]1C(=O)N[C@]1(C#N)CCC[C@H](C)C1. The first-order chi connectivity index (χ1) is 9.01. The lowest BCUT2D eigenvalue weighted by Crippen LogP contribution is -2.50. The van der Waals surface area contributed by atoms with E-state index >= 15 is 0 Å². The predicted molar refractivity (Wildman–Crippen MR) is 67.7 cm³/mol. The van der Waals surface area contributed by atoms with Crippen LogP contribution in [-0.4, -0.2) is 24.5 Å². The summed E-state index contributed by atoms with van der Waals surface area (Å²) >= 11 is 0.